The molecule has 0 unspecified atom stereocenters. The lowest BCUT2D eigenvalue weighted by Gasteiger charge is -2.35. The molecule has 35 heavy (non-hydrogen) atoms. The summed E-state index contributed by atoms with van der Waals surface area (Å²) in [4.78, 5) is 30.8. The standard InChI is InChI=1S/C28H43NO5S/c1-17-10-9-11-18(2)25(32)20(4)26(33)27(6,7)23(30)15-24(31)34-28(8,13-12-17)19(3)14-22-16-35-21(5)29-22/h12,14,16,18,20,23,25,30,32H,9-11,13,15H2,1-8H3/b17-12-,19-14?/t18-,20-,23+,25-,28-/m0/s1. The van der Waals surface area contributed by atoms with E-state index in [2.05, 4.69) is 18.0 Å². The normalized spacial score (nSPS) is 33.7. The highest BCUT2D eigenvalue weighted by Gasteiger charge is 2.43. The van der Waals surface area contributed by atoms with Gasteiger partial charge in [0, 0.05) is 17.7 Å². The number of esters is 1. The van der Waals surface area contributed by atoms with Gasteiger partial charge in [0.2, 0.25) is 0 Å². The smallest absolute Gasteiger partial charge is 0.309 e. The van der Waals surface area contributed by atoms with Crippen LogP contribution in [0, 0.1) is 24.2 Å². The molecule has 2 N–H and O–H groups in total. The lowest BCUT2D eigenvalue weighted by Crippen LogP contribution is -2.46. The van der Waals surface area contributed by atoms with E-state index in [9.17, 15) is 19.8 Å². The highest BCUT2D eigenvalue weighted by atomic mass is 32.1. The van der Waals surface area contributed by atoms with Crippen molar-refractivity contribution < 1.29 is 24.5 Å². The first-order chi connectivity index (χ1) is 16.2. The first-order valence-electron chi connectivity index (χ1n) is 12.6. The maximum Gasteiger partial charge on any atom is 0.309 e. The molecule has 0 saturated heterocycles. The van der Waals surface area contributed by atoms with E-state index in [0.29, 0.717) is 6.42 Å². The molecule has 0 fully saturated rings. The zero-order valence-corrected chi connectivity index (χ0v) is 23.4. The van der Waals surface area contributed by atoms with Crippen molar-refractivity contribution in [3.05, 3.63) is 33.3 Å². The summed E-state index contributed by atoms with van der Waals surface area (Å²) >= 11 is 1.56. The Hall–Kier alpha value is -1.83. The number of allylic oxidation sites excluding steroid dienone is 1. The monoisotopic (exact) mass is 505 g/mol. The zero-order valence-electron chi connectivity index (χ0n) is 22.6. The average Bonchev–Trinajstić information content (AvgIpc) is 3.19. The summed E-state index contributed by atoms with van der Waals surface area (Å²) in [5.41, 5.74) is 0.743. The van der Waals surface area contributed by atoms with Gasteiger partial charge in [-0.25, -0.2) is 4.98 Å². The van der Waals surface area contributed by atoms with Gasteiger partial charge in [-0.15, -0.1) is 11.3 Å². The second-order valence-electron chi connectivity index (χ2n) is 11.0. The average molecular weight is 506 g/mol. The molecule has 2 rings (SSSR count). The van der Waals surface area contributed by atoms with Gasteiger partial charge in [0.15, 0.2) is 0 Å². The van der Waals surface area contributed by atoms with Gasteiger partial charge in [-0.05, 0) is 64.5 Å². The SMILES string of the molecule is CC(=Cc1csc(C)n1)[C@]1(C)C/C=C(/C)CCC[C@H](C)[C@H](O)[C@H](C)C(=O)C(C)(C)[C@H](O)CC(=O)O1. The van der Waals surface area contributed by atoms with E-state index in [1.165, 1.54) is 5.57 Å². The summed E-state index contributed by atoms with van der Waals surface area (Å²) in [7, 11) is 0. The Morgan fingerprint density at radius 3 is 2.46 bits per heavy atom. The number of nitrogens with zero attached hydrogens (tertiary/aromatic N) is 1. The van der Waals surface area contributed by atoms with Gasteiger partial charge in [0.1, 0.15) is 11.4 Å². The fraction of sp³-hybridized carbons (Fsp3) is 0.679. The molecule has 1 aromatic heterocycles. The molecular formula is C28H43NO5S. The van der Waals surface area contributed by atoms with Crippen molar-refractivity contribution in [3.8, 4) is 0 Å². The number of cyclic esters (lactones) is 1. The minimum atomic E-state index is -1.23. The molecule has 1 aliphatic rings. The molecule has 196 valence electrons. The number of carbonyl (C=O) groups excluding carboxylic acids is 2. The second-order valence-corrected chi connectivity index (χ2v) is 12.1. The van der Waals surface area contributed by atoms with Crippen LogP contribution in [-0.2, 0) is 14.3 Å². The Bertz CT molecular complexity index is 962. The number of ketones is 1. The molecule has 0 radical (unpaired) electrons. The summed E-state index contributed by atoms with van der Waals surface area (Å²) in [5.74, 6) is -1.52. The summed E-state index contributed by atoms with van der Waals surface area (Å²) in [5, 5.41) is 24.6. The van der Waals surface area contributed by atoms with E-state index in [-0.39, 0.29) is 18.1 Å². The van der Waals surface area contributed by atoms with Crippen LogP contribution in [0.4, 0.5) is 0 Å². The number of carbonyl (C=O) groups is 2. The molecule has 1 aliphatic heterocycles. The molecule has 0 saturated carbocycles. The summed E-state index contributed by atoms with van der Waals surface area (Å²) in [6.07, 6.45) is 4.74. The van der Waals surface area contributed by atoms with Crippen molar-refractivity contribution in [2.24, 2.45) is 17.3 Å². The highest BCUT2D eigenvalue weighted by Crippen LogP contribution is 2.34. The maximum atomic E-state index is 13.2. The fourth-order valence-corrected chi connectivity index (χ4v) is 5.12. The number of aliphatic hydroxyl groups is 2. The largest absolute Gasteiger partial charge is 0.454 e. The Labute approximate surface area is 214 Å². The number of ether oxygens (including phenoxy) is 1. The second kappa shape index (κ2) is 11.9. The Balaban J connectivity index is 2.41. The van der Waals surface area contributed by atoms with Gasteiger partial charge in [0.05, 0.1) is 34.7 Å². The van der Waals surface area contributed by atoms with Crippen LogP contribution in [0.25, 0.3) is 6.08 Å². The quantitative estimate of drug-likeness (QED) is 0.398. The van der Waals surface area contributed by atoms with Crippen molar-refractivity contribution in [3.63, 3.8) is 0 Å². The van der Waals surface area contributed by atoms with E-state index >= 15 is 0 Å². The van der Waals surface area contributed by atoms with Gasteiger partial charge in [-0.2, -0.15) is 0 Å². The molecular weight excluding hydrogens is 462 g/mol. The van der Waals surface area contributed by atoms with Crippen molar-refractivity contribution in [1.29, 1.82) is 0 Å². The maximum absolute atomic E-state index is 13.2. The third-order valence-corrected chi connectivity index (χ3v) is 8.37. The Kier molecular flexibility index (Phi) is 10.0. The number of aryl methyl sites for hydroxylation is 1. The van der Waals surface area contributed by atoms with Crippen molar-refractivity contribution in [2.45, 2.75) is 105 Å². The van der Waals surface area contributed by atoms with Crippen molar-refractivity contribution in [1.82, 2.24) is 4.98 Å². The highest BCUT2D eigenvalue weighted by molar-refractivity contribution is 7.09. The minimum absolute atomic E-state index is 0.0513. The van der Waals surface area contributed by atoms with Crippen molar-refractivity contribution >= 4 is 29.2 Å². The van der Waals surface area contributed by atoms with E-state index in [1.807, 2.05) is 39.2 Å². The predicted octanol–water partition coefficient (Wildman–Crippen LogP) is 5.66. The molecule has 0 bridgehead atoms. The van der Waals surface area contributed by atoms with Gasteiger partial charge >= 0.3 is 5.97 Å². The molecule has 2 heterocycles. The van der Waals surface area contributed by atoms with Crippen LogP contribution in [0.15, 0.2) is 22.6 Å². The summed E-state index contributed by atoms with van der Waals surface area (Å²) in [6.45, 7) is 14.7. The molecule has 0 spiro atoms. The van der Waals surface area contributed by atoms with E-state index in [1.54, 1.807) is 32.1 Å². The van der Waals surface area contributed by atoms with Gasteiger partial charge in [-0.3, -0.25) is 9.59 Å². The number of hydrogen-bond donors (Lipinski definition) is 2. The molecule has 7 heteroatoms. The molecule has 6 nitrogen and oxygen atoms in total. The molecule has 0 aromatic carbocycles. The number of thiazole rings is 1. The Morgan fingerprint density at radius 1 is 1.20 bits per heavy atom. The van der Waals surface area contributed by atoms with Crippen LogP contribution in [0.2, 0.25) is 0 Å². The number of rotatable bonds is 2. The van der Waals surface area contributed by atoms with Crippen LogP contribution in [-0.4, -0.2) is 44.8 Å². The lowest BCUT2D eigenvalue weighted by molar-refractivity contribution is -0.160. The molecule has 5 atom stereocenters. The van der Waals surface area contributed by atoms with Crippen LogP contribution in [0.3, 0.4) is 0 Å². The lowest BCUT2D eigenvalue weighted by atomic mass is 9.73. The third-order valence-electron chi connectivity index (χ3n) is 7.58. The fourth-order valence-electron chi connectivity index (χ4n) is 4.55. The number of aromatic nitrogens is 1. The Morgan fingerprint density at radius 2 is 1.86 bits per heavy atom. The first-order valence-corrected chi connectivity index (χ1v) is 13.4. The van der Waals surface area contributed by atoms with Gasteiger partial charge in [-0.1, -0.05) is 39.3 Å². The summed E-state index contributed by atoms with van der Waals surface area (Å²) < 4.78 is 6.00. The predicted molar refractivity (Wildman–Crippen MR) is 141 cm³/mol. The minimum Gasteiger partial charge on any atom is -0.454 e. The number of hydrogen-bond acceptors (Lipinski definition) is 7. The summed E-state index contributed by atoms with van der Waals surface area (Å²) in [6, 6.07) is 0. The van der Waals surface area contributed by atoms with Crippen LogP contribution in [0.5, 0.6) is 0 Å². The van der Waals surface area contributed by atoms with Gasteiger partial charge in [0.25, 0.3) is 0 Å². The van der Waals surface area contributed by atoms with Crippen molar-refractivity contribution in [2.75, 3.05) is 0 Å². The van der Waals surface area contributed by atoms with Crippen LogP contribution < -0.4 is 0 Å². The van der Waals surface area contributed by atoms with Gasteiger partial charge < -0.3 is 14.9 Å². The first kappa shape index (κ1) is 29.4. The molecule has 0 aliphatic carbocycles. The number of aliphatic hydroxyl groups excluding tert-OH is 2. The van der Waals surface area contributed by atoms with Crippen LogP contribution in [0.1, 0.15) is 91.3 Å². The topological polar surface area (TPSA) is 96.7 Å². The number of Topliss-reactive ketones (excluding diaryl/α,β-unsaturated/α-hetero) is 1. The third kappa shape index (κ3) is 7.58. The van der Waals surface area contributed by atoms with Crippen LogP contribution >= 0.6 is 11.3 Å². The van der Waals surface area contributed by atoms with E-state index < -0.39 is 35.1 Å². The van der Waals surface area contributed by atoms with E-state index in [0.717, 1.165) is 35.5 Å². The van der Waals surface area contributed by atoms with E-state index in [4.69, 9.17) is 4.74 Å². The molecule has 0 amide bonds. The molecule has 1 aromatic rings. The zero-order chi connectivity index (χ0) is 26.6.